The Morgan fingerprint density at radius 2 is 1.95 bits per heavy atom. The number of thiazole rings is 1. The number of para-hydroxylation sites is 1. The molecular weight excluding hydrogens is 310 g/mol. The molecule has 1 heterocycles. The molecule has 2 N–H and O–H groups in total. The Labute approximate surface area is 139 Å². The van der Waals surface area contributed by atoms with Gasteiger partial charge in [-0.25, -0.2) is 4.98 Å². The van der Waals surface area contributed by atoms with Crippen LogP contribution in [0.5, 0.6) is 0 Å². The summed E-state index contributed by atoms with van der Waals surface area (Å²) in [6.45, 7) is 0.678. The van der Waals surface area contributed by atoms with Gasteiger partial charge in [0.1, 0.15) is 5.01 Å². The fourth-order valence-electron chi connectivity index (χ4n) is 2.06. The number of aromatic nitrogens is 1. The van der Waals surface area contributed by atoms with Crippen LogP contribution in [0.1, 0.15) is 5.56 Å². The van der Waals surface area contributed by atoms with E-state index in [1.165, 1.54) is 5.56 Å². The summed E-state index contributed by atoms with van der Waals surface area (Å²) in [5, 5.41) is 10.0. The number of nitrogens with one attached hydrogen (secondary N) is 2. The molecule has 5 heteroatoms. The predicted octanol–water partition coefficient (Wildman–Crippen LogP) is 4.30. The highest BCUT2D eigenvalue weighted by molar-refractivity contribution is 7.80. The van der Waals surface area contributed by atoms with E-state index in [4.69, 9.17) is 12.2 Å². The van der Waals surface area contributed by atoms with Crippen molar-refractivity contribution in [1.82, 2.24) is 10.3 Å². The fraction of sp³-hybridized carbons (Fsp3) is 0.0588. The lowest BCUT2D eigenvalue weighted by atomic mass is 10.1. The van der Waals surface area contributed by atoms with Crippen LogP contribution in [0.4, 0.5) is 5.69 Å². The monoisotopic (exact) mass is 325 g/mol. The Morgan fingerprint density at radius 3 is 2.73 bits per heavy atom. The molecule has 2 aromatic carbocycles. The summed E-state index contributed by atoms with van der Waals surface area (Å²) in [4.78, 5) is 4.34. The summed E-state index contributed by atoms with van der Waals surface area (Å²) in [5.74, 6) is 0. The third kappa shape index (κ3) is 3.90. The normalized spacial score (nSPS) is 10.2. The number of hydrogen-bond acceptors (Lipinski definition) is 3. The van der Waals surface area contributed by atoms with E-state index in [1.54, 1.807) is 11.3 Å². The zero-order chi connectivity index (χ0) is 15.2. The molecule has 3 nitrogen and oxygen atoms in total. The van der Waals surface area contributed by atoms with Crippen LogP contribution in [0.15, 0.2) is 66.2 Å². The van der Waals surface area contributed by atoms with Crippen molar-refractivity contribution in [3.8, 4) is 10.6 Å². The number of benzene rings is 2. The van der Waals surface area contributed by atoms with Gasteiger partial charge in [-0.2, -0.15) is 0 Å². The number of anilines is 1. The molecule has 0 aliphatic rings. The molecule has 0 saturated carbocycles. The lowest BCUT2D eigenvalue weighted by molar-refractivity contribution is 0.926. The van der Waals surface area contributed by atoms with Crippen LogP contribution in [0.25, 0.3) is 10.6 Å². The van der Waals surface area contributed by atoms with E-state index in [9.17, 15) is 0 Å². The van der Waals surface area contributed by atoms with Gasteiger partial charge in [0.2, 0.25) is 0 Å². The molecule has 0 aliphatic carbocycles. The predicted molar refractivity (Wildman–Crippen MR) is 97.1 cm³/mol. The maximum atomic E-state index is 5.32. The molecule has 0 saturated heterocycles. The van der Waals surface area contributed by atoms with Gasteiger partial charge in [-0.15, -0.1) is 11.3 Å². The second-order valence-corrected chi connectivity index (χ2v) is 6.01. The van der Waals surface area contributed by atoms with Gasteiger partial charge in [0.25, 0.3) is 0 Å². The maximum Gasteiger partial charge on any atom is 0.171 e. The fourth-order valence-corrected chi connectivity index (χ4v) is 2.88. The Balaban J connectivity index is 1.60. The van der Waals surface area contributed by atoms with Crippen molar-refractivity contribution in [2.24, 2.45) is 0 Å². The summed E-state index contributed by atoms with van der Waals surface area (Å²) in [6.07, 6.45) is 1.82. The number of hydrogen-bond donors (Lipinski definition) is 2. The Morgan fingerprint density at radius 1 is 1.09 bits per heavy atom. The summed E-state index contributed by atoms with van der Waals surface area (Å²) < 4.78 is 0. The minimum Gasteiger partial charge on any atom is -0.358 e. The first-order valence-electron chi connectivity index (χ1n) is 6.90. The maximum absolute atomic E-state index is 5.32. The lowest BCUT2D eigenvalue weighted by Gasteiger charge is -2.11. The smallest absolute Gasteiger partial charge is 0.171 e. The zero-order valence-electron chi connectivity index (χ0n) is 11.8. The van der Waals surface area contributed by atoms with Gasteiger partial charge >= 0.3 is 0 Å². The molecule has 3 aromatic rings. The average Bonchev–Trinajstić information content (AvgIpc) is 3.09. The first-order valence-corrected chi connectivity index (χ1v) is 8.19. The summed E-state index contributed by atoms with van der Waals surface area (Å²) in [5.41, 5.74) is 3.29. The molecule has 1 aromatic heterocycles. The standard InChI is InChI=1S/C17H15N3S2/c21-17(20-15-7-2-1-3-8-15)19-12-13-5-4-6-14(11-13)16-18-9-10-22-16/h1-11H,12H2,(H2,19,20,21). The first kappa shape index (κ1) is 14.7. The van der Waals surface area contributed by atoms with Crippen LogP contribution in [0.2, 0.25) is 0 Å². The van der Waals surface area contributed by atoms with Crippen molar-refractivity contribution < 1.29 is 0 Å². The molecule has 0 aliphatic heterocycles. The topological polar surface area (TPSA) is 37.0 Å². The molecule has 0 atom stereocenters. The van der Waals surface area contributed by atoms with Crippen molar-refractivity contribution in [2.45, 2.75) is 6.54 Å². The van der Waals surface area contributed by atoms with Gasteiger partial charge in [0, 0.05) is 29.4 Å². The van der Waals surface area contributed by atoms with Crippen LogP contribution >= 0.6 is 23.6 Å². The van der Waals surface area contributed by atoms with E-state index in [0.29, 0.717) is 11.7 Å². The third-order valence-electron chi connectivity index (χ3n) is 3.09. The number of rotatable bonds is 4. The second-order valence-electron chi connectivity index (χ2n) is 4.71. The van der Waals surface area contributed by atoms with Gasteiger partial charge < -0.3 is 10.6 Å². The minimum absolute atomic E-state index is 0.617. The van der Waals surface area contributed by atoms with Gasteiger partial charge in [-0.3, -0.25) is 0 Å². The third-order valence-corrected chi connectivity index (χ3v) is 4.16. The van der Waals surface area contributed by atoms with Crippen LogP contribution in [-0.4, -0.2) is 10.1 Å². The van der Waals surface area contributed by atoms with Crippen LogP contribution in [0, 0.1) is 0 Å². The lowest BCUT2D eigenvalue weighted by Crippen LogP contribution is -2.27. The molecule has 0 amide bonds. The van der Waals surface area contributed by atoms with Crippen molar-refractivity contribution >= 4 is 34.4 Å². The van der Waals surface area contributed by atoms with Gasteiger partial charge in [-0.05, 0) is 36.0 Å². The van der Waals surface area contributed by atoms with Crippen molar-refractivity contribution in [2.75, 3.05) is 5.32 Å². The molecule has 0 radical (unpaired) electrons. The van der Waals surface area contributed by atoms with E-state index in [-0.39, 0.29) is 0 Å². The minimum atomic E-state index is 0.617. The number of nitrogens with zero attached hydrogens (tertiary/aromatic N) is 1. The Bertz CT molecular complexity index is 740. The van der Waals surface area contributed by atoms with E-state index in [0.717, 1.165) is 16.3 Å². The molecular formula is C17H15N3S2. The van der Waals surface area contributed by atoms with Gasteiger partial charge in [-0.1, -0.05) is 36.4 Å². The van der Waals surface area contributed by atoms with Crippen molar-refractivity contribution in [3.63, 3.8) is 0 Å². The van der Waals surface area contributed by atoms with E-state index >= 15 is 0 Å². The molecule has 0 unspecified atom stereocenters. The van der Waals surface area contributed by atoms with Gasteiger partial charge in [0.05, 0.1) is 0 Å². The highest BCUT2D eigenvalue weighted by Crippen LogP contribution is 2.22. The quantitative estimate of drug-likeness (QED) is 0.701. The molecule has 110 valence electrons. The molecule has 3 rings (SSSR count). The molecule has 0 bridgehead atoms. The second kappa shape index (κ2) is 7.15. The SMILES string of the molecule is S=C(NCc1cccc(-c2nccs2)c1)Nc1ccccc1. The van der Waals surface area contributed by atoms with Crippen LogP contribution in [0.3, 0.4) is 0 Å². The first-order chi connectivity index (χ1) is 10.8. The molecule has 0 spiro atoms. The van der Waals surface area contributed by atoms with Crippen LogP contribution in [-0.2, 0) is 6.54 Å². The highest BCUT2D eigenvalue weighted by atomic mass is 32.1. The molecule has 0 fully saturated rings. The largest absolute Gasteiger partial charge is 0.358 e. The Kier molecular flexibility index (Phi) is 4.78. The van der Waals surface area contributed by atoms with E-state index in [1.807, 2.05) is 48.0 Å². The highest BCUT2D eigenvalue weighted by Gasteiger charge is 2.02. The number of thiocarbonyl (C=S) groups is 1. The summed E-state index contributed by atoms with van der Waals surface area (Å²) in [7, 11) is 0. The average molecular weight is 325 g/mol. The zero-order valence-corrected chi connectivity index (χ0v) is 13.5. The van der Waals surface area contributed by atoms with E-state index < -0.39 is 0 Å². The molecule has 22 heavy (non-hydrogen) atoms. The van der Waals surface area contributed by atoms with Gasteiger partial charge in [0.15, 0.2) is 5.11 Å². The summed E-state index contributed by atoms with van der Waals surface area (Å²) >= 11 is 6.96. The van der Waals surface area contributed by atoms with E-state index in [2.05, 4.69) is 33.8 Å². The van der Waals surface area contributed by atoms with Crippen molar-refractivity contribution in [1.29, 1.82) is 0 Å². The summed E-state index contributed by atoms with van der Waals surface area (Å²) in [6, 6.07) is 18.2. The van der Waals surface area contributed by atoms with Crippen LogP contribution < -0.4 is 10.6 Å². The van der Waals surface area contributed by atoms with Crippen molar-refractivity contribution in [3.05, 3.63) is 71.7 Å². The Hall–Kier alpha value is -2.24.